The van der Waals surface area contributed by atoms with Crippen molar-refractivity contribution in [2.24, 2.45) is 13.0 Å². The average molecular weight is 327 g/mol. The minimum Gasteiger partial charge on any atom is -0.356 e. The van der Waals surface area contributed by atoms with Gasteiger partial charge in [-0.3, -0.25) is 0 Å². The highest BCUT2D eigenvalue weighted by Gasteiger charge is 2.22. The Kier molecular flexibility index (Phi) is 3.49. The van der Waals surface area contributed by atoms with Crippen molar-refractivity contribution in [1.29, 1.82) is 0 Å². The fraction of sp³-hybridized carbons (Fsp3) is 0.333. The smallest absolute Gasteiger partial charge is 0.142 e. The molecule has 23 heavy (non-hydrogen) atoms. The number of nitrogens with zero attached hydrogens (tertiary/aromatic N) is 4. The first kappa shape index (κ1) is 14.5. The fourth-order valence-electron chi connectivity index (χ4n) is 3.30. The van der Waals surface area contributed by atoms with Crippen LogP contribution in [0.5, 0.6) is 0 Å². The Morgan fingerprint density at radius 3 is 2.83 bits per heavy atom. The molecule has 0 aliphatic carbocycles. The van der Waals surface area contributed by atoms with Gasteiger partial charge in [0.15, 0.2) is 0 Å². The van der Waals surface area contributed by atoms with Gasteiger partial charge in [-0.2, -0.15) is 0 Å². The second-order valence-corrected chi connectivity index (χ2v) is 6.75. The number of pyridine rings is 1. The Morgan fingerprint density at radius 1 is 1.26 bits per heavy atom. The lowest BCUT2D eigenvalue weighted by atomic mass is 10.2. The second-order valence-electron chi connectivity index (χ2n) is 6.35. The summed E-state index contributed by atoms with van der Waals surface area (Å²) in [5, 5.41) is 0.638. The van der Waals surface area contributed by atoms with Crippen LogP contribution in [0, 0.1) is 5.92 Å². The van der Waals surface area contributed by atoms with Crippen LogP contribution in [-0.2, 0) is 7.05 Å². The maximum absolute atomic E-state index is 6.43. The molecule has 0 radical (unpaired) electrons. The summed E-state index contributed by atoms with van der Waals surface area (Å²) in [6.45, 7) is 4.39. The lowest BCUT2D eigenvalue weighted by Gasteiger charge is -2.18. The van der Waals surface area contributed by atoms with E-state index in [2.05, 4.69) is 33.5 Å². The lowest BCUT2D eigenvalue weighted by Crippen LogP contribution is -2.20. The molecule has 4 nitrogen and oxygen atoms in total. The van der Waals surface area contributed by atoms with Crippen LogP contribution in [0.3, 0.4) is 0 Å². The van der Waals surface area contributed by atoms with E-state index in [1.54, 1.807) is 6.20 Å². The standard InChI is InChI=1S/C18H19ClN4/c1-12-7-8-23(11-12)17-9-13(14(19)10-20-17)18-21-15-5-3-4-6-16(15)22(18)2/h3-6,9-10,12H,7-8,11H2,1-2H3/t12-/m0/s1. The maximum atomic E-state index is 6.43. The molecule has 1 aliphatic rings. The lowest BCUT2D eigenvalue weighted by molar-refractivity contribution is 0.659. The van der Waals surface area contributed by atoms with E-state index in [1.807, 2.05) is 25.2 Å². The van der Waals surface area contributed by atoms with Crippen molar-refractivity contribution in [1.82, 2.24) is 14.5 Å². The van der Waals surface area contributed by atoms with E-state index < -0.39 is 0 Å². The van der Waals surface area contributed by atoms with Crippen molar-refractivity contribution < 1.29 is 0 Å². The minimum absolute atomic E-state index is 0.638. The Bertz CT molecular complexity index is 871. The first-order valence-electron chi connectivity index (χ1n) is 7.96. The van der Waals surface area contributed by atoms with Crippen LogP contribution >= 0.6 is 11.6 Å². The molecule has 0 unspecified atom stereocenters. The number of aromatic nitrogens is 3. The van der Waals surface area contributed by atoms with Gasteiger partial charge in [-0.15, -0.1) is 0 Å². The number of imidazole rings is 1. The van der Waals surface area contributed by atoms with Crippen LogP contribution in [0.1, 0.15) is 13.3 Å². The van der Waals surface area contributed by atoms with Crippen LogP contribution in [0.4, 0.5) is 5.82 Å². The zero-order valence-corrected chi connectivity index (χ0v) is 14.1. The summed E-state index contributed by atoms with van der Waals surface area (Å²) >= 11 is 6.43. The summed E-state index contributed by atoms with van der Waals surface area (Å²) < 4.78 is 2.09. The molecule has 118 valence electrons. The van der Waals surface area contributed by atoms with E-state index in [-0.39, 0.29) is 0 Å². The molecule has 1 saturated heterocycles. The molecule has 3 aromatic rings. The summed E-state index contributed by atoms with van der Waals surface area (Å²) in [5.41, 5.74) is 3.02. The van der Waals surface area contributed by atoms with E-state index in [0.29, 0.717) is 10.9 Å². The number of aryl methyl sites for hydroxylation is 1. The molecule has 0 N–H and O–H groups in total. The van der Waals surface area contributed by atoms with Crippen molar-refractivity contribution >= 4 is 28.5 Å². The van der Waals surface area contributed by atoms with E-state index in [1.165, 1.54) is 6.42 Å². The highest BCUT2D eigenvalue weighted by molar-refractivity contribution is 6.33. The molecule has 0 saturated carbocycles. The van der Waals surface area contributed by atoms with Gasteiger partial charge in [0.25, 0.3) is 0 Å². The largest absolute Gasteiger partial charge is 0.356 e. The van der Waals surface area contributed by atoms with Gasteiger partial charge in [-0.05, 0) is 30.5 Å². The predicted octanol–water partition coefficient (Wildman–Crippen LogP) is 4.13. The highest BCUT2D eigenvalue weighted by Crippen LogP contribution is 2.32. The highest BCUT2D eigenvalue weighted by atomic mass is 35.5. The average Bonchev–Trinajstić information content (AvgIpc) is 3.13. The van der Waals surface area contributed by atoms with Gasteiger partial charge in [-0.25, -0.2) is 9.97 Å². The van der Waals surface area contributed by atoms with Crippen LogP contribution < -0.4 is 4.90 Å². The minimum atomic E-state index is 0.638. The summed E-state index contributed by atoms with van der Waals surface area (Å²) in [6, 6.07) is 10.2. The van der Waals surface area contributed by atoms with Crippen molar-refractivity contribution in [3.05, 3.63) is 41.6 Å². The molecule has 1 aromatic carbocycles. The fourth-order valence-corrected chi connectivity index (χ4v) is 3.49. The van der Waals surface area contributed by atoms with Gasteiger partial charge in [0.1, 0.15) is 11.6 Å². The van der Waals surface area contributed by atoms with Crippen molar-refractivity contribution in [2.75, 3.05) is 18.0 Å². The molecule has 1 fully saturated rings. The monoisotopic (exact) mass is 326 g/mol. The Balaban J connectivity index is 1.82. The Labute approximate surface area is 140 Å². The van der Waals surface area contributed by atoms with E-state index in [0.717, 1.165) is 41.3 Å². The van der Waals surface area contributed by atoms with Gasteiger partial charge in [0, 0.05) is 31.9 Å². The zero-order chi connectivity index (χ0) is 16.0. The Morgan fingerprint density at radius 2 is 2.09 bits per heavy atom. The maximum Gasteiger partial charge on any atom is 0.142 e. The van der Waals surface area contributed by atoms with Crippen molar-refractivity contribution in [3.63, 3.8) is 0 Å². The third kappa shape index (κ3) is 2.47. The molecule has 0 bridgehead atoms. The SMILES string of the molecule is C[C@H]1CCN(c2cc(-c3nc4ccccc4n3C)c(Cl)cn2)C1. The summed E-state index contributed by atoms with van der Waals surface area (Å²) in [7, 11) is 2.03. The van der Waals surface area contributed by atoms with Crippen molar-refractivity contribution in [2.45, 2.75) is 13.3 Å². The second kappa shape index (κ2) is 5.53. The number of rotatable bonds is 2. The molecule has 0 amide bonds. The number of hydrogen-bond donors (Lipinski definition) is 0. The molecule has 3 heterocycles. The van der Waals surface area contributed by atoms with Crippen LogP contribution in [-0.4, -0.2) is 27.6 Å². The third-order valence-electron chi connectivity index (χ3n) is 4.62. The molecular weight excluding hydrogens is 308 g/mol. The third-order valence-corrected chi connectivity index (χ3v) is 4.92. The number of hydrogen-bond acceptors (Lipinski definition) is 3. The van der Waals surface area contributed by atoms with Crippen LogP contribution in [0.2, 0.25) is 5.02 Å². The summed E-state index contributed by atoms with van der Waals surface area (Å²) in [5.74, 6) is 2.58. The topological polar surface area (TPSA) is 34.0 Å². The van der Waals surface area contributed by atoms with Crippen LogP contribution in [0.15, 0.2) is 36.5 Å². The normalized spacial score (nSPS) is 18.0. The van der Waals surface area contributed by atoms with E-state index in [4.69, 9.17) is 16.6 Å². The zero-order valence-electron chi connectivity index (χ0n) is 13.3. The Hall–Kier alpha value is -2.07. The number of anilines is 1. The van der Waals surface area contributed by atoms with Crippen LogP contribution in [0.25, 0.3) is 22.4 Å². The quantitative estimate of drug-likeness (QED) is 0.710. The van der Waals surface area contributed by atoms with Crippen molar-refractivity contribution in [3.8, 4) is 11.4 Å². The molecule has 2 aromatic heterocycles. The number of benzene rings is 1. The predicted molar refractivity (Wildman–Crippen MR) is 94.9 cm³/mol. The van der Waals surface area contributed by atoms with E-state index in [9.17, 15) is 0 Å². The van der Waals surface area contributed by atoms with Gasteiger partial charge in [-0.1, -0.05) is 30.7 Å². The number of fused-ring (bicyclic) bond motifs is 1. The molecule has 1 aliphatic heterocycles. The molecule has 5 heteroatoms. The first-order valence-corrected chi connectivity index (χ1v) is 8.33. The molecule has 1 atom stereocenters. The number of halogens is 1. The van der Waals surface area contributed by atoms with Gasteiger partial charge < -0.3 is 9.47 Å². The first-order chi connectivity index (χ1) is 11.1. The summed E-state index contributed by atoms with van der Waals surface area (Å²) in [4.78, 5) is 11.6. The van der Waals surface area contributed by atoms with Gasteiger partial charge in [0.2, 0.25) is 0 Å². The van der Waals surface area contributed by atoms with E-state index >= 15 is 0 Å². The van der Waals surface area contributed by atoms with Gasteiger partial charge >= 0.3 is 0 Å². The number of para-hydroxylation sites is 2. The molecular formula is C18H19ClN4. The molecule has 4 rings (SSSR count). The van der Waals surface area contributed by atoms with Gasteiger partial charge in [0.05, 0.1) is 16.1 Å². The summed E-state index contributed by atoms with van der Waals surface area (Å²) in [6.07, 6.45) is 2.96. The molecule has 0 spiro atoms.